The van der Waals surface area contributed by atoms with E-state index in [0.29, 0.717) is 16.6 Å². The van der Waals surface area contributed by atoms with E-state index in [-0.39, 0.29) is 36.6 Å². The molecule has 2 atom stereocenters. The van der Waals surface area contributed by atoms with E-state index in [9.17, 15) is 17.6 Å². The highest BCUT2D eigenvalue weighted by Gasteiger charge is 2.34. The van der Waals surface area contributed by atoms with Crippen LogP contribution in [0.3, 0.4) is 0 Å². The van der Waals surface area contributed by atoms with Crippen molar-refractivity contribution in [3.63, 3.8) is 0 Å². The van der Waals surface area contributed by atoms with Gasteiger partial charge in [0.1, 0.15) is 11.5 Å². The highest BCUT2D eigenvalue weighted by Crippen LogP contribution is 2.20. The van der Waals surface area contributed by atoms with E-state index < -0.39 is 16.1 Å². The molecule has 1 aliphatic heterocycles. The average Bonchev–Trinajstić information content (AvgIpc) is 3.13. The standard InChI is InChI=1S/C16H20FN3O4S/c1-20(2)25(22,23)9-11-7-24-8-15(11)19-16(21)14-6-10-5-12(17)3-4-13(10)18-14/h3-6,11,15,18H,7-9H2,1-2H3,(H,19,21)/t11-,15-/m0/s1. The van der Waals surface area contributed by atoms with Gasteiger partial charge in [0.05, 0.1) is 25.0 Å². The van der Waals surface area contributed by atoms with Crippen molar-refractivity contribution in [1.82, 2.24) is 14.6 Å². The van der Waals surface area contributed by atoms with E-state index in [1.165, 1.54) is 26.2 Å². The highest BCUT2D eigenvalue weighted by molar-refractivity contribution is 7.89. The molecule has 1 amide bonds. The number of nitrogens with zero attached hydrogens (tertiary/aromatic N) is 1. The molecule has 3 rings (SSSR count). The maximum Gasteiger partial charge on any atom is 0.268 e. The summed E-state index contributed by atoms with van der Waals surface area (Å²) in [4.78, 5) is 15.4. The first kappa shape index (κ1) is 17.8. The summed E-state index contributed by atoms with van der Waals surface area (Å²) in [7, 11) is -0.439. The van der Waals surface area contributed by atoms with Crippen molar-refractivity contribution in [3.05, 3.63) is 35.8 Å². The molecule has 1 aromatic carbocycles. The fraction of sp³-hybridized carbons (Fsp3) is 0.438. The van der Waals surface area contributed by atoms with Crippen molar-refractivity contribution in [2.45, 2.75) is 6.04 Å². The first-order valence-electron chi connectivity index (χ1n) is 7.83. The molecule has 1 aliphatic rings. The molecule has 1 saturated heterocycles. The van der Waals surface area contributed by atoms with Crippen LogP contribution in [0.15, 0.2) is 24.3 Å². The summed E-state index contributed by atoms with van der Waals surface area (Å²) in [6, 6.07) is 5.38. The molecule has 2 N–H and O–H groups in total. The number of fused-ring (bicyclic) bond motifs is 1. The fourth-order valence-electron chi connectivity index (χ4n) is 2.81. The zero-order chi connectivity index (χ0) is 18.2. The van der Waals surface area contributed by atoms with Gasteiger partial charge in [0.25, 0.3) is 5.91 Å². The van der Waals surface area contributed by atoms with Gasteiger partial charge in [-0.15, -0.1) is 0 Å². The Kier molecular flexibility index (Phi) is 4.81. The zero-order valence-electron chi connectivity index (χ0n) is 14.0. The van der Waals surface area contributed by atoms with Gasteiger partial charge >= 0.3 is 0 Å². The normalized spacial score (nSPS) is 21.1. The van der Waals surface area contributed by atoms with Crippen LogP contribution < -0.4 is 5.32 Å². The van der Waals surface area contributed by atoms with Gasteiger partial charge in [0.15, 0.2) is 0 Å². The van der Waals surface area contributed by atoms with Crippen molar-refractivity contribution in [3.8, 4) is 0 Å². The first-order chi connectivity index (χ1) is 11.8. The quantitative estimate of drug-likeness (QED) is 0.821. The number of H-pyrrole nitrogens is 1. The third kappa shape index (κ3) is 3.83. The Morgan fingerprint density at radius 2 is 2.12 bits per heavy atom. The molecule has 0 spiro atoms. The fourth-order valence-corrected chi connectivity index (χ4v) is 3.98. The monoisotopic (exact) mass is 369 g/mol. The summed E-state index contributed by atoms with van der Waals surface area (Å²) in [5.74, 6) is -1.17. The van der Waals surface area contributed by atoms with Gasteiger partial charge in [-0.05, 0) is 24.3 Å². The number of halogens is 1. The lowest BCUT2D eigenvalue weighted by atomic mass is 10.1. The Balaban J connectivity index is 1.72. The Hall–Kier alpha value is -1.97. The molecular weight excluding hydrogens is 349 g/mol. The van der Waals surface area contributed by atoms with Gasteiger partial charge in [-0.25, -0.2) is 17.1 Å². The molecule has 1 aromatic heterocycles. The molecule has 0 radical (unpaired) electrons. The number of benzene rings is 1. The van der Waals surface area contributed by atoms with E-state index >= 15 is 0 Å². The minimum absolute atomic E-state index is 0.0944. The van der Waals surface area contributed by atoms with Crippen LogP contribution in [0.2, 0.25) is 0 Å². The van der Waals surface area contributed by atoms with Crippen LogP contribution in [0.5, 0.6) is 0 Å². The number of aromatic amines is 1. The molecule has 0 unspecified atom stereocenters. The number of rotatable bonds is 5. The second kappa shape index (κ2) is 6.74. The van der Waals surface area contributed by atoms with Crippen molar-refractivity contribution >= 4 is 26.8 Å². The number of sulfonamides is 1. The molecule has 0 saturated carbocycles. The Morgan fingerprint density at radius 3 is 2.84 bits per heavy atom. The number of hydrogen-bond acceptors (Lipinski definition) is 4. The predicted molar refractivity (Wildman–Crippen MR) is 91.3 cm³/mol. The maximum absolute atomic E-state index is 13.3. The minimum Gasteiger partial charge on any atom is -0.379 e. The van der Waals surface area contributed by atoms with Crippen LogP contribution in [0.25, 0.3) is 10.9 Å². The summed E-state index contributed by atoms with van der Waals surface area (Å²) in [5.41, 5.74) is 0.947. The maximum atomic E-state index is 13.3. The van der Waals surface area contributed by atoms with Crippen molar-refractivity contribution < 1.29 is 22.3 Å². The predicted octanol–water partition coefficient (Wildman–Crippen LogP) is 0.943. The summed E-state index contributed by atoms with van der Waals surface area (Å²) in [6.45, 7) is 0.532. The van der Waals surface area contributed by atoms with Crippen LogP contribution in [0.4, 0.5) is 4.39 Å². The minimum atomic E-state index is -3.39. The molecule has 1 fully saturated rings. The lowest BCUT2D eigenvalue weighted by Gasteiger charge is -2.20. The van der Waals surface area contributed by atoms with Crippen LogP contribution in [0, 0.1) is 11.7 Å². The number of aromatic nitrogens is 1. The van der Waals surface area contributed by atoms with Crippen LogP contribution in [-0.2, 0) is 14.8 Å². The van der Waals surface area contributed by atoms with E-state index in [4.69, 9.17) is 4.74 Å². The van der Waals surface area contributed by atoms with Crippen LogP contribution in [0.1, 0.15) is 10.5 Å². The van der Waals surface area contributed by atoms with Gasteiger partial charge in [0, 0.05) is 30.9 Å². The number of ether oxygens (including phenoxy) is 1. The molecule has 136 valence electrons. The Morgan fingerprint density at radius 1 is 1.36 bits per heavy atom. The smallest absolute Gasteiger partial charge is 0.268 e. The molecular formula is C16H20FN3O4S. The summed E-state index contributed by atoms with van der Waals surface area (Å²) in [5, 5.41) is 3.41. The number of hydrogen-bond donors (Lipinski definition) is 2. The average molecular weight is 369 g/mol. The molecule has 9 heteroatoms. The topological polar surface area (TPSA) is 91.5 Å². The lowest BCUT2D eigenvalue weighted by molar-refractivity contribution is 0.0922. The van der Waals surface area contributed by atoms with Crippen LogP contribution >= 0.6 is 0 Å². The van der Waals surface area contributed by atoms with Gasteiger partial charge in [-0.2, -0.15) is 0 Å². The highest BCUT2D eigenvalue weighted by atomic mass is 32.2. The molecule has 2 aromatic rings. The van der Waals surface area contributed by atoms with Gasteiger partial charge in [-0.3, -0.25) is 4.79 Å². The van der Waals surface area contributed by atoms with E-state index in [1.54, 1.807) is 12.1 Å². The number of amides is 1. The van der Waals surface area contributed by atoms with Crippen molar-refractivity contribution in [2.24, 2.45) is 5.92 Å². The number of nitrogens with one attached hydrogen (secondary N) is 2. The Bertz CT molecular complexity index is 894. The van der Waals surface area contributed by atoms with E-state index in [2.05, 4.69) is 10.3 Å². The summed E-state index contributed by atoms with van der Waals surface area (Å²) < 4.78 is 43.9. The summed E-state index contributed by atoms with van der Waals surface area (Å²) >= 11 is 0. The van der Waals surface area contributed by atoms with Gasteiger partial charge in [-0.1, -0.05) is 0 Å². The van der Waals surface area contributed by atoms with E-state index in [0.717, 1.165) is 4.31 Å². The molecule has 2 heterocycles. The second-order valence-corrected chi connectivity index (χ2v) is 8.58. The Labute approximate surface area is 145 Å². The van der Waals surface area contributed by atoms with Crippen LogP contribution in [-0.4, -0.2) is 62.7 Å². The van der Waals surface area contributed by atoms with E-state index in [1.807, 2.05) is 0 Å². The lowest BCUT2D eigenvalue weighted by Crippen LogP contribution is -2.43. The number of carbonyl (C=O) groups excluding carboxylic acids is 1. The van der Waals surface area contributed by atoms with Gasteiger partial charge < -0.3 is 15.0 Å². The largest absolute Gasteiger partial charge is 0.379 e. The molecule has 25 heavy (non-hydrogen) atoms. The molecule has 7 nitrogen and oxygen atoms in total. The number of carbonyl (C=O) groups is 1. The third-order valence-corrected chi connectivity index (χ3v) is 6.29. The zero-order valence-corrected chi connectivity index (χ0v) is 14.8. The molecule has 0 bridgehead atoms. The second-order valence-electron chi connectivity index (χ2n) is 6.35. The SMILES string of the molecule is CN(C)S(=O)(=O)C[C@@H]1COC[C@@H]1NC(=O)c1cc2cc(F)ccc2[nH]1. The molecule has 0 aliphatic carbocycles. The van der Waals surface area contributed by atoms with Crippen molar-refractivity contribution in [1.29, 1.82) is 0 Å². The van der Waals surface area contributed by atoms with Crippen molar-refractivity contribution in [2.75, 3.05) is 33.1 Å². The van der Waals surface area contributed by atoms with Gasteiger partial charge in [0.2, 0.25) is 10.0 Å². The third-order valence-electron chi connectivity index (χ3n) is 4.32. The summed E-state index contributed by atoms with van der Waals surface area (Å²) in [6.07, 6.45) is 0. The first-order valence-corrected chi connectivity index (χ1v) is 9.44.